The molecule has 0 fully saturated rings. The van der Waals surface area contributed by atoms with E-state index in [-0.39, 0.29) is 10.8 Å². The minimum atomic E-state index is -0.154. The van der Waals surface area contributed by atoms with E-state index >= 15 is 0 Å². The third-order valence-electron chi connectivity index (χ3n) is 10.5. The van der Waals surface area contributed by atoms with Crippen molar-refractivity contribution >= 4 is 10.8 Å². The summed E-state index contributed by atoms with van der Waals surface area (Å²) in [5.41, 5.74) is 15.5. The first-order chi connectivity index (χ1) is 22.3. The van der Waals surface area contributed by atoms with Gasteiger partial charge in [0.15, 0.2) is 5.82 Å². The second kappa shape index (κ2) is 9.58. The molecule has 2 heteroatoms. The van der Waals surface area contributed by atoms with Gasteiger partial charge < -0.3 is 0 Å². The molecule has 0 aliphatic heterocycles. The van der Waals surface area contributed by atoms with Crippen LogP contribution in [0.4, 0.5) is 0 Å². The van der Waals surface area contributed by atoms with E-state index in [2.05, 4.69) is 155 Å². The summed E-state index contributed by atoms with van der Waals surface area (Å²) in [5, 5.41) is 2.54. The van der Waals surface area contributed by atoms with Crippen LogP contribution in [0.3, 0.4) is 0 Å². The maximum atomic E-state index is 5.32. The molecular weight excluding hydrogens is 556 g/mol. The monoisotopic (exact) mass is 590 g/mol. The smallest absolute Gasteiger partial charge is 0.160 e. The third-order valence-corrected chi connectivity index (χ3v) is 10.5. The summed E-state index contributed by atoms with van der Waals surface area (Å²) >= 11 is 0. The molecule has 0 amide bonds. The number of hydrogen-bond acceptors (Lipinski definition) is 2. The van der Waals surface area contributed by atoms with Crippen molar-refractivity contribution in [1.29, 1.82) is 0 Å². The summed E-state index contributed by atoms with van der Waals surface area (Å²) in [7, 11) is 0. The average Bonchev–Trinajstić information content (AvgIpc) is 3.47. The number of hydrogen-bond donors (Lipinski definition) is 0. The molecule has 0 bridgehead atoms. The number of rotatable bonds is 3. The summed E-state index contributed by atoms with van der Waals surface area (Å²) in [4.78, 5) is 10.6. The Morgan fingerprint density at radius 1 is 0.413 bits per heavy atom. The highest BCUT2D eigenvalue weighted by Crippen LogP contribution is 2.54. The second-order valence-electron chi connectivity index (χ2n) is 13.8. The Bertz CT molecular complexity index is 2360. The van der Waals surface area contributed by atoms with E-state index in [0.29, 0.717) is 0 Å². The fourth-order valence-electron chi connectivity index (χ4n) is 8.19. The molecule has 1 heterocycles. The highest BCUT2D eigenvalue weighted by Gasteiger charge is 2.39. The first kappa shape index (κ1) is 27.0. The van der Waals surface area contributed by atoms with Crippen LogP contribution in [0.2, 0.25) is 0 Å². The molecule has 46 heavy (non-hydrogen) atoms. The lowest BCUT2D eigenvalue weighted by atomic mass is 9.79. The van der Waals surface area contributed by atoms with E-state index in [1.807, 2.05) is 6.07 Å². The van der Waals surface area contributed by atoms with Crippen molar-refractivity contribution in [2.24, 2.45) is 0 Å². The Labute approximate surface area is 270 Å². The molecule has 2 aliphatic rings. The predicted molar refractivity (Wildman–Crippen MR) is 191 cm³/mol. The highest BCUT2D eigenvalue weighted by molar-refractivity contribution is 5.98. The molecule has 0 radical (unpaired) electrons. The van der Waals surface area contributed by atoms with Gasteiger partial charge in [-0.2, -0.15) is 0 Å². The number of aromatic nitrogens is 2. The zero-order valence-electron chi connectivity index (χ0n) is 26.6. The molecule has 9 rings (SSSR count). The molecule has 6 aromatic carbocycles. The zero-order chi connectivity index (χ0) is 31.2. The number of fused-ring (bicyclic) bond motifs is 7. The molecule has 0 saturated heterocycles. The van der Waals surface area contributed by atoms with Crippen LogP contribution >= 0.6 is 0 Å². The molecule has 0 spiro atoms. The van der Waals surface area contributed by atoms with Gasteiger partial charge in [-0.05, 0) is 73.5 Å². The molecule has 2 aliphatic carbocycles. The SMILES string of the molecule is CC1(C)c2cc3ccccc3cc2-c2c(-c3cc(-c4cccc5c4C(C)(C)c4ccccc4-5)nc(-c4ccccc4)n3)cccc21. The van der Waals surface area contributed by atoms with Gasteiger partial charge in [-0.15, -0.1) is 0 Å². The van der Waals surface area contributed by atoms with Crippen molar-refractivity contribution in [1.82, 2.24) is 9.97 Å². The van der Waals surface area contributed by atoms with E-state index in [0.717, 1.165) is 28.3 Å². The van der Waals surface area contributed by atoms with Crippen molar-refractivity contribution in [3.05, 3.63) is 156 Å². The molecule has 1 aromatic heterocycles. The molecular formula is C44H34N2. The van der Waals surface area contributed by atoms with Crippen LogP contribution in [0, 0.1) is 0 Å². The first-order valence-electron chi connectivity index (χ1n) is 16.2. The number of benzene rings is 6. The van der Waals surface area contributed by atoms with E-state index in [9.17, 15) is 0 Å². The topological polar surface area (TPSA) is 25.8 Å². The minimum Gasteiger partial charge on any atom is -0.228 e. The Hall–Kier alpha value is -5.34. The highest BCUT2D eigenvalue weighted by atomic mass is 14.9. The summed E-state index contributed by atoms with van der Waals surface area (Å²) < 4.78 is 0. The van der Waals surface area contributed by atoms with Crippen molar-refractivity contribution in [2.75, 3.05) is 0 Å². The van der Waals surface area contributed by atoms with Crippen LogP contribution in [0.1, 0.15) is 49.9 Å². The van der Waals surface area contributed by atoms with Gasteiger partial charge in [-0.25, -0.2) is 9.97 Å². The molecule has 0 N–H and O–H groups in total. The van der Waals surface area contributed by atoms with E-state index in [1.54, 1.807) is 0 Å². The summed E-state index contributed by atoms with van der Waals surface area (Å²) in [6.45, 7) is 9.39. The van der Waals surface area contributed by atoms with Gasteiger partial charge in [0.05, 0.1) is 11.4 Å². The zero-order valence-corrected chi connectivity index (χ0v) is 26.6. The Morgan fingerprint density at radius 2 is 1.00 bits per heavy atom. The van der Waals surface area contributed by atoms with Crippen molar-refractivity contribution in [2.45, 2.75) is 38.5 Å². The van der Waals surface area contributed by atoms with Crippen LogP contribution < -0.4 is 0 Å². The van der Waals surface area contributed by atoms with E-state index < -0.39 is 0 Å². The molecule has 0 unspecified atom stereocenters. The Morgan fingerprint density at radius 3 is 1.80 bits per heavy atom. The van der Waals surface area contributed by atoms with Gasteiger partial charge in [0.1, 0.15) is 0 Å². The average molecular weight is 591 g/mol. The predicted octanol–water partition coefficient (Wildman–Crippen LogP) is 11.2. The van der Waals surface area contributed by atoms with Gasteiger partial charge in [0.2, 0.25) is 0 Å². The van der Waals surface area contributed by atoms with Crippen molar-refractivity contribution < 1.29 is 0 Å². The maximum absolute atomic E-state index is 5.32. The summed E-state index contributed by atoms with van der Waals surface area (Å²) in [5.74, 6) is 0.743. The second-order valence-corrected chi connectivity index (χ2v) is 13.8. The fraction of sp³-hybridized carbons (Fsp3) is 0.136. The molecule has 0 saturated carbocycles. The van der Waals surface area contributed by atoms with Crippen LogP contribution in [-0.4, -0.2) is 9.97 Å². The van der Waals surface area contributed by atoms with Gasteiger partial charge in [0, 0.05) is 27.5 Å². The molecule has 7 aromatic rings. The van der Waals surface area contributed by atoms with Crippen LogP contribution in [0.15, 0.2) is 133 Å². The number of nitrogens with zero attached hydrogens (tertiary/aromatic N) is 2. The van der Waals surface area contributed by atoms with E-state index in [4.69, 9.17) is 9.97 Å². The standard InChI is InChI=1S/C44H34N2/c1-43(2)36-23-13-20-32(40(36)34-24-28-16-8-9-17-29(28)25-37(34)43)38-26-39(46-42(45-38)27-14-6-5-7-15-27)33-21-12-19-31-30-18-10-11-22-35(30)44(3,4)41(31)33/h5-26H,1-4H3. The normalized spacial score (nSPS) is 14.9. The van der Waals surface area contributed by atoms with Gasteiger partial charge in [-0.1, -0.05) is 143 Å². The first-order valence-corrected chi connectivity index (χ1v) is 16.2. The van der Waals surface area contributed by atoms with Crippen LogP contribution in [-0.2, 0) is 10.8 Å². The molecule has 0 atom stereocenters. The maximum Gasteiger partial charge on any atom is 0.160 e. The summed E-state index contributed by atoms with van der Waals surface area (Å²) in [6.07, 6.45) is 0. The van der Waals surface area contributed by atoms with E-state index in [1.165, 1.54) is 60.8 Å². The van der Waals surface area contributed by atoms with Crippen molar-refractivity contribution in [3.8, 4) is 56.2 Å². The molecule has 2 nitrogen and oxygen atoms in total. The lowest BCUT2D eigenvalue weighted by Crippen LogP contribution is -2.16. The molecule has 220 valence electrons. The fourth-order valence-corrected chi connectivity index (χ4v) is 8.19. The third kappa shape index (κ3) is 3.77. The van der Waals surface area contributed by atoms with Crippen LogP contribution in [0.25, 0.3) is 66.9 Å². The Balaban J connectivity index is 1.32. The van der Waals surface area contributed by atoms with Gasteiger partial charge >= 0.3 is 0 Å². The largest absolute Gasteiger partial charge is 0.228 e. The lowest BCUT2D eigenvalue weighted by molar-refractivity contribution is 0.661. The lowest BCUT2D eigenvalue weighted by Gasteiger charge is -2.24. The van der Waals surface area contributed by atoms with Crippen LogP contribution in [0.5, 0.6) is 0 Å². The quantitative estimate of drug-likeness (QED) is 0.205. The summed E-state index contributed by atoms with van der Waals surface area (Å²) in [6, 6.07) is 48.3. The van der Waals surface area contributed by atoms with Gasteiger partial charge in [0.25, 0.3) is 0 Å². The Kier molecular flexibility index (Phi) is 5.63. The van der Waals surface area contributed by atoms with Gasteiger partial charge in [-0.3, -0.25) is 0 Å². The minimum absolute atomic E-state index is 0.126. The van der Waals surface area contributed by atoms with Crippen molar-refractivity contribution in [3.63, 3.8) is 0 Å².